The van der Waals surface area contributed by atoms with E-state index in [0.29, 0.717) is 17.8 Å². The number of hydrogen-bond acceptors (Lipinski definition) is 4. The molecule has 0 aliphatic carbocycles. The van der Waals surface area contributed by atoms with Crippen molar-refractivity contribution in [2.45, 2.75) is 33.4 Å². The summed E-state index contributed by atoms with van der Waals surface area (Å²) in [6.45, 7) is 6.48. The third-order valence-electron chi connectivity index (χ3n) is 5.07. The molecule has 2 heterocycles. The highest BCUT2D eigenvalue weighted by Crippen LogP contribution is 2.35. The smallest absolute Gasteiger partial charge is 0.260 e. The Morgan fingerprint density at radius 1 is 1.10 bits per heavy atom. The number of hydrogen-bond donors (Lipinski definition) is 2. The first kappa shape index (κ1) is 19.5. The average molecular weight is 408 g/mol. The van der Waals surface area contributed by atoms with Crippen molar-refractivity contribution < 1.29 is 4.39 Å². The molecule has 0 spiro atoms. The summed E-state index contributed by atoms with van der Waals surface area (Å²) in [6, 6.07) is 14.6. The lowest BCUT2D eigenvalue weighted by atomic mass is 10.0. The zero-order chi connectivity index (χ0) is 20.5. The molecule has 2 aromatic carbocycles. The van der Waals surface area contributed by atoms with Crippen molar-refractivity contribution in [2.75, 3.05) is 0 Å². The molecular weight excluding hydrogens is 385 g/mol. The Hall–Kier alpha value is -2.83. The average Bonchev–Trinajstić information content (AvgIpc) is 3.03. The van der Waals surface area contributed by atoms with Crippen LogP contribution in [0, 0.1) is 19.7 Å². The van der Waals surface area contributed by atoms with Crippen molar-refractivity contribution in [3.8, 4) is 11.1 Å². The molecule has 4 rings (SSSR count). The van der Waals surface area contributed by atoms with Crippen molar-refractivity contribution in [3.63, 3.8) is 0 Å². The quantitative estimate of drug-likeness (QED) is 0.475. The van der Waals surface area contributed by atoms with Gasteiger partial charge in [0.2, 0.25) is 0 Å². The summed E-state index contributed by atoms with van der Waals surface area (Å²) >= 11 is 1.54. The monoisotopic (exact) mass is 407 g/mol. The van der Waals surface area contributed by atoms with E-state index in [1.54, 1.807) is 12.1 Å². The summed E-state index contributed by atoms with van der Waals surface area (Å²) < 4.78 is 13.1. The number of H-pyrrole nitrogens is 1. The third kappa shape index (κ3) is 3.99. The highest BCUT2D eigenvalue weighted by atomic mass is 32.1. The molecule has 1 atom stereocenters. The zero-order valence-electron chi connectivity index (χ0n) is 16.5. The van der Waals surface area contributed by atoms with Gasteiger partial charge in [-0.2, -0.15) is 0 Å². The molecule has 29 heavy (non-hydrogen) atoms. The van der Waals surface area contributed by atoms with Gasteiger partial charge in [-0.3, -0.25) is 4.79 Å². The van der Waals surface area contributed by atoms with E-state index in [0.717, 1.165) is 26.4 Å². The van der Waals surface area contributed by atoms with E-state index in [9.17, 15) is 9.18 Å². The fourth-order valence-electron chi connectivity index (χ4n) is 3.43. The molecule has 0 unspecified atom stereocenters. The maximum absolute atomic E-state index is 13.1. The second-order valence-corrected chi connectivity index (χ2v) is 8.45. The van der Waals surface area contributed by atoms with Crippen LogP contribution in [0.15, 0.2) is 53.3 Å². The summed E-state index contributed by atoms with van der Waals surface area (Å²) in [5, 5.41) is 3.98. The number of fused-ring (bicyclic) bond motifs is 1. The van der Waals surface area contributed by atoms with Gasteiger partial charge in [-0.15, -0.1) is 11.3 Å². The van der Waals surface area contributed by atoms with Gasteiger partial charge in [0.1, 0.15) is 16.5 Å². The molecule has 0 aliphatic rings. The lowest BCUT2D eigenvalue weighted by Crippen LogP contribution is -2.22. The van der Waals surface area contributed by atoms with Gasteiger partial charge >= 0.3 is 0 Å². The first-order valence-electron chi connectivity index (χ1n) is 9.50. The van der Waals surface area contributed by atoms with Gasteiger partial charge in [-0.1, -0.05) is 42.0 Å². The molecule has 0 bridgehead atoms. The van der Waals surface area contributed by atoms with Crippen LogP contribution in [-0.4, -0.2) is 9.97 Å². The standard InChI is InChI=1S/C23H22FN3OS/c1-13-4-6-17(7-5-13)20-15(3)29-23-21(20)22(28)26-19(27-23)12-25-14(2)16-8-10-18(24)11-9-16/h4-11,14,25H,12H2,1-3H3,(H,26,27,28)/t14-/m1/s1. The van der Waals surface area contributed by atoms with E-state index >= 15 is 0 Å². The summed E-state index contributed by atoms with van der Waals surface area (Å²) in [5.41, 5.74) is 4.02. The summed E-state index contributed by atoms with van der Waals surface area (Å²) in [4.78, 5) is 22.3. The van der Waals surface area contributed by atoms with Gasteiger partial charge in [0, 0.05) is 16.5 Å². The molecule has 4 aromatic rings. The molecule has 2 aromatic heterocycles. The van der Waals surface area contributed by atoms with Crippen LogP contribution >= 0.6 is 11.3 Å². The van der Waals surface area contributed by atoms with E-state index in [4.69, 9.17) is 0 Å². The van der Waals surface area contributed by atoms with Crippen molar-refractivity contribution in [3.05, 3.63) is 86.5 Å². The van der Waals surface area contributed by atoms with Crippen LogP contribution in [0.2, 0.25) is 0 Å². The van der Waals surface area contributed by atoms with Crippen molar-refractivity contribution >= 4 is 21.6 Å². The van der Waals surface area contributed by atoms with Crippen molar-refractivity contribution in [1.82, 2.24) is 15.3 Å². The fraction of sp³-hybridized carbons (Fsp3) is 0.217. The predicted octanol–water partition coefficient (Wildman–Crippen LogP) is 5.26. The molecule has 4 nitrogen and oxygen atoms in total. The maximum Gasteiger partial charge on any atom is 0.260 e. The van der Waals surface area contributed by atoms with Gasteiger partial charge in [0.25, 0.3) is 5.56 Å². The third-order valence-corrected chi connectivity index (χ3v) is 6.07. The zero-order valence-corrected chi connectivity index (χ0v) is 17.4. The van der Waals surface area contributed by atoms with Gasteiger partial charge in [-0.25, -0.2) is 9.37 Å². The number of aryl methyl sites for hydroxylation is 2. The Morgan fingerprint density at radius 3 is 2.48 bits per heavy atom. The number of aromatic amines is 1. The van der Waals surface area contributed by atoms with Crippen LogP contribution in [-0.2, 0) is 6.54 Å². The van der Waals surface area contributed by atoms with Crippen molar-refractivity contribution in [1.29, 1.82) is 0 Å². The van der Waals surface area contributed by atoms with Crippen molar-refractivity contribution in [2.24, 2.45) is 0 Å². The first-order chi connectivity index (χ1) is 13.9. The van der Waals surface area contributed by atoms with E-state index in [-0.39, 0.29) is 17.4 Å². The van der Waals surface area contributed by atoms with E-state index in [2.05, 4.69) is 27.4 Å². The topological polar surface area (TPSA) is 57.8 Å². The Kier molecular flexibility index (Phi) is 5.30. The minimum Gasteiger partial charge on any atom is -0.309 e. The molecule has 0 fully saturated rings. The largest absolute Gasteiger partial charge is 0.309 e. The molecule has 148 valence electrons. The van der Waals surface area contributed by atoms with Crippen LogP contribution in [0.1, 0.15) is 34.8 Å². The minimum atomic E-state index is -0.255. The van der Waals surface area contributed by atoms with Gasteiger partial charge in [0.05, 0.1) is 11.9 Å². The highest BCUT2D eigenvalue weighted by molar-refractivity contribution is 7.19. The lowest BCUT2D eigenvalue weighted by Gasteiger charge is -2.13. The highest BCUT2D eigenvalue weighted by Gasteiger charge is 2.17. The Morgan fingerprint density at radius 2 is 1.79 bits per heavy atom. The number of aromatic nitrogens is 2. The molecular formula is C23H22FN3OS. The van der Waals surface area contributed by atoms with E-state index in [1.807, 2.05) is 32.9 Å². The number of thiophene rings is 1. The molecule has 0 saturated carbocycles. The van der Waals surface area contributed by atoms with Crippen LogP contribution in [0.25, 0.3) is 21.3 Å². The molecule has 0 aliphatic heterocycles. The predicted molar refractivity (Wildman–Crippen MR) is 117 cm³/mol. The summed E-state index contributed by atoms with van der Waals surface area (Å²) in [6.07, 6.45) is 0. The molecule has 2 N–H and O–H groups in total. The van der Waals surface area contributed by atoms with E-state index < -0.39 is 0 Å². The number of nitrogens with one attached hydrogen (secondary N) is 2. The van der Waals surface area contributed by atoms with E-state index in [1.165, 1.54) is 29.0 Å². The Labute approximate surface area is 172 Å². The second kappa shape index (κ2) is 7.89. The van der Waals surface area contributed by atoms with Gasteiger partial charge in [-0.05, 0) is 44.0 Å². The molecule has 0 saturated heterocycles. The number of nitrogens with zero attached hydrogens (tertiary/aromatic N) is 1. The molecule has 6 heteroatoms. The van der Waals surface area contributed by atoms with Gasteiger partial charge in [0.15, 0.2) is 0 Å². The Balaban J connectivity index is 1.62. The Bertz CT molecular complexity index is 1210. The normalized spacial score (nSPS) is 12.4. The second-order valence-electron chi connectivity index (χ2n) is 7.25. The summed E-state index contributed by atoms with van der Waals surface area (Å²) in [5.74, 6) is 0.336. The van der Waals surface area contributed by atoms with Crippen LogP contribution in [0.3, 0.4) is 0 Å². The summed E-state index contributed by atoms with van der Waals surface area (Å²) in [7, 11) is 0. The van der Waals surface area contributed by atoms with Crippen LogP contribution in [0.5, 0.6) is 0 Å². The van der Waals surface area contributed by atoms with Gasteiger partial charge < -0.3 is 10.3 Å². The molecule has 0 amide bonds. The number of halogens is 1. The fourth-order valence-corrected chi connectivity index (χ4v) is 4.50. The van der Waals surface area contributed by atoms with Crippen LogP contribution in [0.4, 0.5) is 4.39 Å². The SMILES string of the molecule is Cc1ccc(-c2c(C)sc3nc(CN[C@H](C)c4ccc(F)cc4)[nH]c(=O)c23)cc1. The lowest BCUT2D eigenvalue weighted by molar-refractivity contribution is 0.557. The molecule has 0 radical (unpaired) electrons. The number of benzene rings is 2. The maximum atomic E-state index is 13.1. The number of rotatable bonds is 5. The minimum absolute atomic E-state index is 0.00444. The first-order valence-corrected chi connectivity index (χ1v) is 10.3. The van der Waals surface area contributed by atoms with Crippen LogP contribution < -0.4 is 10.9 Å².